The summed E-state index contributed by atoms with van der Waals surface area (Å²) in [5, 5.41) is 3.03. The second-order valence-corrected chi connectivity index (χ2v) is 4.39. The Morgan fingerprint density at radius 3 is 2.65 bits per heavy atom. The summed E-state index contributed by atoms with van der Waals surface area (Å²) >= 11 is 0. The van der Waals surface area contributed by atoms with Crippen LogP contribution in [0.2, 0.25) is 0 Å². The molecule has 0 heterocycles. The number of carbonyl (C=O) groups excluding carboxylic acids is 1. The van der Waals surface area contributed by atoms with Crippen LogP contribution in [0, 0.1) is 0 Å². The van der Waals surface area contributed by atoms with Crippen molar-refractivity contribution in [2.75, 3.05) is 5.73 Å². The Morgan fingerprint density at radius 1 is 1.35 bits per heavy atom. The van der Waals surface area contributed by atoms with E-state index < -0.39 is 0 Å². The van der Waals surface area contributed by atoms with E-state index in [0.717, 1.165) is 30.5 Å². The molecule has 1 aliphatic carbocycles. The average molecular weight is 255 g/mol. The number of halogens is 1. The molecule has 0 atom stereocenters. The van der Waals surface area contributed by atoms with Crippen LogP contribution in [0.5, 0.6) is 0 Å². The highest BCUT2D eigenvalue weighted by Crippen LogP contribution is 2.18. The van der Waals surface area contributed by atoms with Gasteiger partial charge in [0.1, 0.15) is 0 Å². The van der Waals surface area contributed by atoms with E-state index >= 15 is 0 Å². The molecule has 3 N–H and O–H groups in total. The van der Waals surface area contributed by atoms with Crippen molar-refractivity contribution in [1.82, 2.24) is 5.32 Å². The zero-order valence-electron chi connectivity index (χ0n) is 9.82. The number of hydrogen-bond acceptors (Lipinski definition) is 2. The second kappa shape index (κ2) is 6.50. The number of aryl methyl sites for hydroxylation is 1. The topological polar surface area (TPSA) is 55.1 Å². The number of para-hydroxylation sites is 1. The van der Waals surface area contributed by atoms with Crippen LogP contribution in [-0.4, -0.2) is 11.9 Å². The molecule has 2 rings (SSSR count). The molecule has 1 saturated carbocycles. The Labute approximate surface area is 108 Å². The minimum atomic E-state index is 0. The van der Waals surface area contributed by atoms with E-state index in [4.69, 9.17) is 5.73 Å². The van der Waals surface area contributed by atoms with Gasteiger partial charge in [0.15, 0.2) is 0 Å². The highest BCUT2D eigenvalue weighted by atomic mass is 35.5. The number of hydrogen-bond donors (Lipinski definition) is 2. The highest BCUT2D eigenvalue weighted by molar-refractivity contribution is 5.85. The van der Waals surface area contributed by atoms with Gasteiger partial charge in [0, 0.05) is 18.2 Å². The summed E-state index contributed by atoms with van der Waals surface area (Å²) in [4.78, 5) is 11.6. The van der Waals surface area contributed by atoms with Crippen LogP contribution in [-0.2, 0) is 11.2 Å². The van der Waals surface area contributed by atoms with Crippen LogP contribution in [0.1, 0.15) is 31.2 Å². The van der Waals surface area contributed by atoms with Crippen molar-refractivity contribution in [3.63, 3.8) is 0 Å². The summed E-state index contributed by atoms with van der Waals surface area (Å²) in [5.74, 6) is 0.146. The molecule has 0 aliphatic heterocycles. The number of amides is 1. The molecule has 3 nitrogen and oxygen atoms in total. The molecule has 1 aromatic rings. The standard InChI is InChI=1S/C13H18N2O.ClH/c14-12-7-2-1-4-10(12)8-9-13(16)15-11-5-3-6-11;/h1-2,4,7,11H,3,5-6,8-9,14H2,(H,15,16);1H. The van der Waals surface area contributed by atoms with Gasteiger partial charge in [-0.3, -0.25) is 4.79 Å². The van der Waals surface area contributed by atoms with Crippen molar-refractivity contribution in [3.05, 3.63) is 29.8 Å². The van der Waals surface area contributed by atoms with E-state index in [1.165, 1.54) is 6.42 Å². The van der Waals surface area contributed by atoms with E-state index in [-0.39, 0.29) is 18.3 Å². The fourth-order valence-electron chi connectivity index (χ4n) is 1.86. The summed E-state index contributed by atoms with van der Waals surface area (Å²) in [6.45, 7) is 0. The third-order valence-electron chi connectivity index (χ3n) is 3.15. The van der Waals surface area contributed by atoms with Crippen LogP contribution < -0.4 is 11.1 Å². The third kappa shape index (κ3) is 3.93. The fraction of sp³-hybridized carbons (Fsp3) is 0.462. The largest absolute Gasteiger partial charge is 0.399 e. The number of anilines is 1. The quantitative estimate of drug-likeness (QED) is 0.810. The van der Waals surface area contributed by atoms with Crippen LogP contribution >= 0.6 is 12.4 Å². The molecule has 0 bridgehead atoms. The Kier molecular flexibility index (Phi) is 5.29. The molecule has 0 aromatic heterocycles. The SMILES string of the molecule is Cl.Nc1ccccc1CCC(=O)NC1CCC1. The summed E-state index contributed by atoms with van der Waals surface area (Å²) in [6, 6.07) is 8.15. The second-order valence-electron chi connectivity index (χ2n) is 4.39. The maximum absolute atomic E-state index is 11.6. The number of benzene rings is 1. The van der Waals surface area contributed by atoms with Gasteiger partial charge in [0.2, 0.25) is 5.91 Å². The van der Waals surface area contributed by atoms with Gasteiger partial charge in [-0.15, -0.1) is 12.4 Å². The van der Waals surface area contributed by atoms with Crippen LogP contribution in [0.4, 0.5) is 5.69 Å². The fourth-order valence-corrected chi connectivity index (χ4v) is 1.86. The van der Waals surface area contributed by atoms with E-state index in [9.17, 15) is 4.79 Å². The smallest absolute Gasteiger partial charge is 0.220 e. The molecule has 0 radical (unpaired) electrons. The van der Waals surface area contributed by atoms with Gasteiger partial charge in [-0.1, -0.05) is 18.2 Å². The number of nitrogens with two attached hydrogens (primary N) is 1. The molecular formula is C13H19ClN2O. The molecule has 1 aliphatic rings. The maximum Gasteiger partial charge on any atom is 0.220 e. The summed E-state index contributed by atoms with van der Waals surface area (Å²) < 4.78 is 0. The molecule has 0 unspecified atom stereocenters. The lowest BCUT2D eigenvalue weighted by atomic mass is 9.93. The monoisotopic (exact) mass is 254 g/mol. The minimum Gasteiger partial charge on any atom is -0.399 e. The Bertz CT molecular complexity index is 377. The number of carbonyl (C=O) groups is 1. The van der Waals surface area contributed by atoms with Crippen molar-refractivity contribution >= 4 is 24.0 Å². The van der Waals surface area contributed by atoms with Crippen LogP contribution in [0.3, 0.4) is 0 Å². The normalized spacial score (nSPS) is 14.6. The van der Waals surface area contributed by atoms with Gasteiger partial charge in [0.25, 0.3) is 0 Å². The zero-order valence-corrected chi connectivity index (χ0v) is 10.6. The Hall–Kier alpha value is -1.22. The van der Waals surface area contributed by atoms with Crippen molar-refractivity contribution in [2.45, 2.75) is 38.1 Å². The van der Waals surface area contributed by atoms with Gasteiger partial charge in [-0.05, 0) is 37.3 Å². The molecule has 0 spiro atoms. The molecule has 0 saturated heterocycles. The molecule has 1 fully saturated rings. The lowest BCUT2D eigenvalue weighted by molar-refractivity contribution is -0.122. The first kappa shape index (κ1) is 13.8. The Morgan fingerprint density at radius 2 is 2.06 bits per heavy atom. The predicted octanol–water partition coefficient (Wildman–Crippen LogP) is 2.29. The molecular weight excluding hydrogens is 236 g/mol. The minimum absolute atomic E-state index is 0. The molecule has 1 amide bonds. The van der Waals surface area contributed by atoms with Gasteiger partial charge in [-0.2, -0.15) is 0 Å². The first-order valence-electron chi connectivity index (χ1n) is 5.88. The van der Waals surface area contributed by atoms with Gasteiger partial charge in [-0.25, -0.2) is 0 Å². The summed E-state index contributed by atoms with van der Waals surface area (Å²) in [7, 11) is 0. The van der Waals surface area contributed by atoms with E-state index in [2.05, 4.69) is 5.32 Å². The summed E-state index contributed by atoms with van der Waals surface area (Å²) in [6.07, 6.45) is 4.78. The first-order valence-corrected chi connectivity index (χ1v) is 5.88. The van der Waals surface area contributed by atoms with Gasteiger partial charge in [0.05, 0.1) is 0 Å². The highest BCUT2D eigenvalue weighted by Gasteiger charge is 2.18. The maximum atomic E-state index is 11.6. The average Bonchev–Trinajstić information content (AvgIpc) is 2.22. The van der Waals surface area contributed by atoms with Crippen LogP contribution in [0.25, 0.3) is 0 Å². The third-order valence-corrected chi connectivity index (χ3v) is 3.15. The van der Waals surface area contributed by atoms with E-state index in [1.807, 2.05) is 24.3 Å². The lowest BCUT2D eigenvalue weighted by Gasteiger charge is -2.26. The van der Waals surface area contributed by atoms with Crippen molar-refractivity contribution in [3.8, 4) is 0 Å². The molecule has 1 aromatic carbocycles. The molecule has 4 heteroatoms. The number of rotatable bonds is 4. The number of nitrogen functional groups attached to an aromatic ring is 1. The van der Waals surface area contributed by atoms with E-state index in [0.29, 0.717) is 12.5 Å². The zero-order chi connectivity index (χ0) is 11.4. The van der Waals surface area contributed by atoms with Crippen molar-refractivity contribution in [1.29, 1.82) is 0 Å². The van der Waals surface area contributed by atoms with Gasteiger partial charge < -0.3 is 11.1 Å². The van der Waals surface area contributed by atoms with Crippen molar-refractivity contribution in [2.24, 2.45) is 0 Å². The predicted molar refractivity (Wildman–Crippen MR) is 72.2 cm³/mol. The lowest BCUT2D eigenvalue weighted by Crippen LogP contribution is -2.39. The van der Waals surface area contributed by atoms with Crippen LogP contribution in [0.15, 0.2) is 24.3 Å². The molecule has 17 heavy (non-hydrogen) atoms. The molecule has 94 valence electrons. The Balaban J connectivity index is 0.00000144. The summed E-state index contributed by atoms with van der Waals surface area (Å²) in [5.41, 5.74) is 7.65. The number of nitrogens with one attached hydrogen (secondary N) is 1. The van der Waals surface area contributed by atoms with Gasteiger partial charge >= 0.3 is 0 Å². The van der Waals surface area contributed by atoms with E-state index in [1.54, 1.807) is 0 Å². The first-order chi connectivity index (χ1) is 7.75. The van der Waals surface area contributed by atoms with Crippen molar-refractivity contribution < 1.29 is 4.79 Å².